The maximum atomic E-state index is 12.7. The number of aromatic nitrogens is 2. The molecule has 45 heavy (non-hydrogen) atoms. The quantitative estimate of drug-likeness (QED) is 0.0924. The Hall–Kier alpha value is -3.73. The Balaban J connectivity index is 1.34. The summed E-state index contributed by atoms with van der Waals surface area (Å²) in [4.78, 5) is 30.6. The molecule has 2 fully saturated rings. The van der Waals surface area contributed by atoms with Crippen molar-refractivity contribution in [1.29, 1.82) is 0 Å². The van der Waals surface area contributed by atoms with Gasteiger partial charge in [0.05, 0.1) is 41.7 Å². The van der Waals surface area contributed by atoms with Gasteiger partial charge in [-0.05, 0) is 54.5 Å². The van der Waals surface area contributed by atoms with Crippen molar-refractivity contribution in [2.45, 2.75) is 31.8 Å². The number of morpholine rings is 1. The van der Waals surface area contributed by atoms with Crippen molar-refractivity contribution in [1.82, 2.24) is 14.9 Å². The molecule has 4 aromatic rings. The van der Waals surface area contributed by atoms with Crippen LogP contribution < -0.4 is 15.1 Å². The Bertz CT molecular complexity index is 1660. The zero-order valence-electron chi connectivity index (χ0n) is 24.9. The van der Waals surface area contributed by atoms with Crippen LogP contribution in [0.2, 0.25) is 5.02 Å². The van der Waals surface area contributed by atoms with Crippen molar-refractivity contribution in [3.05, 3.63) is 94.8 Å². The molecule has 1 aliphatic heterocycles. The SMILES string of the molecule is C=C(Cl)C(=O)Nc1cc2c(N(OCc3ccccc3)c3ccc(C4CC4)c(Cl)c3)ncnc2cc1OCCCN1CCOCC1. The van der Waals surface area contributed by atoms with Gasteiger partial charge in [-0.1, -0.05) is 66.2 Å². The molecule has 0 atom stereocenters. The van der Waals surface area contributed by atoms with Crippen molar-refractivity contribution >= 4 is 57.2 Å². The van der Waals surface area contributed by atoms with E-state index >= 15 is 0 Å². The van der Waals surface area contributed by atoms with Gasteiger partial charge < -0.3 is 14.8 Å². The Labute approximate surface area is 272 Å². The molecule has 11 heteroatoms. The number of nitrogens with one attached hydrogen (secondary N) is 1. The fraction of sp³-hybridized carbons (Fsp3) is 0.324. The second-order valence-electron chi connectivity index (χ2n) is 11.1. The van der Waals surface area contributed by atoms with Crippen LogP contribution in [0.5, 0.6) is 5.75 Å². The van der Waals surface area contributed by atoms with E-state index in [-0.39, 0.29) is 11.6 Å². The first kappa shape index (κ1) is 31.3. The van der Waals surface area contributed by atoms with E-state index in [0.29, 0.717) is 51.4 Å². The van der Waals surface area contributed by atoms with E-state index in [0.717, 1.165) is 63.2 Å². The summed E-state index contributed by atoms with van der Waals surface area (Å²) < 4.78 is 11.6. The third-order valence-corrected chi connectivity index (χ3v) is 8.32. The van der Waals surface area contributed by atoms with Gasteiger partial charge in [0, 0.05) is 36.1 Å². The maximum absolute atomic E-state index is 12.7. The lowest BCUT2D eigenvalue weighted by molar-refractivity contribution is -0.112. The molecule has 1 amide bonds. The molecule has 9 nitrogen and oxygen atoms in total. The first-order valence-electron chi connectivity index (χ1n) is 15.1. The minimum absolute atomic E-state index is 0.142. The summed E-state index contributed by atoms with van der Waals surface area (Å²) in [5, 5.41) is 5.66. The first-order valence-corrected chi connectivity index (χ1v) is 15.9. The summed E-state index contributed by atoms with van der Waals surface area (Å²) in [7, 11) is 0. The predicted molar refractivity (Wildman–Crippen MR) is 177 cm³/mol. The number of ether oxygens (including phenoxy) is 2. The molecule has 1 N–H and O–H groups in total. The molecule has 6 rings (SSSR count). The van der Waals surface area contributed by atoms with Crippen LogP contribution in [0.25, 0.3) is 10.9 Å². The van der Waals surface area contributed by atoms with Crippen LogP contribution in [0.1, 0.15) is 36.3 Å². The summed E-state index contributed by atoms with van der Waals surface area (Å²) in [6.45, 7) is 8.50. The Morgan fingerprint density at radius 3 is 2.62 bits per heavy atom. The highest BCUT2D eigenvalue weighted by molar-refractivity contribution is 6.43. The number of rotatable bonds is 13. The molecule has 2 aliphatic rings. The Morgan fingerprint density at radius 1 is 1.09 bits per heavy atom. The van der Waals surface area contributed by atoms with E-state index in [1.54, 1.807) is 17.2 Å². The molecular weight excluding hydrogens is 613 g/mol. The Kier molecular flexibility index (Phi) is 10.1. The Morgan fingerprint density at radius 2 is 1.89 bits per heavy atom. The standard InChI is InChI=1S/C34H35Cl2N5O4/c1-23(35)34(42)39-31-19-28-30(20-32(31)44-15-5-12-40-13-16-43-17-14-40)37-22-38-33(28)41(45-21-24-6-3-2-4-7-24)26-10-11-27(25-8-9-25)29(36)18-26/h2-4,6-7,10-11,18-20,22,25H,1,5,8-9,12-17,21H2,(H,39,42). The van der Waals surface area contributed by atoms with Gasteiger partial charge in [0.2, 0.25) is 0 Å². The van der Waals surface area contributed by atoms with Crippen molar-refractivity contribution in [3.63, 3.8) is 0 Å². The summed E-state index contributed by atoms with van der Waals surface area (Å²) in [5.41, 5.74) is 3.87. The number of hydrogen-bond acceptors (Lipinski definition) is 8. The predicted octanol–water partition coefficient (Wildman–Crippen LogP) is 7.22. The van der Waals surface area contributed by atoms with Crippen LogP contribution in [0.15, 0.2) is 78.6 Å². The number of benzene rings is 3. The van der Waals surface area contributed by atoms with Gasteiger partial charge in [-0.3, -0.25) is 14.5 Å². The van der Waals surface area contributed by atoms with Crippen LogP contribution in [-0.2, 0) is 21.0 Å². The van der Waals surface area contributed by atoms with Crippen LogP contribution in [0.3, 0.4) is 0 Å². The maximum Gasteiger partial charge on any atom is 0.266 e. The second kappa shape index (κ2) is 14.6. The van der Waals surface area contributed by atoms with Crippen molar-refractivity contribution in [3.8, 4) is 5.75 Å². The van der Waals surface area contributed by atoms with Gasteiger partial charge in [0.15, 0.2) is 5.82 Å². The van der Waals surface area contributed by atoms with Gasteiger partial charge in [-0.25, -0.2) is 15.0 Å². The summed E-state index contributed by atoms with van der Waals surface area (Å²) in [6, 6.07) is 19.4. The zero-order valence-corrected chi connectivity index (χ0v) is 26.4. The molecule has 0 spiro atoms. The summed E-state index contributed by atoms with van der Waals surface area (Å²) >= 11 is 12.7. The molecular formula is C34H35Cl2N5O4. The number of nitrogens with zero attached hydrogens (tertiary/aromatic N) is 4. The summed E-state index contributed by atoms with van der Waals surface area (Å²) in [5.74, 6) is 0.909. The highest BCUT2D eigenvalue weighted by Crippen LogP contribution is 2.45. The topological polar surface area (TPSA) is 89.1 Å². The number of carbonyl (C=O) groups is 1. The lowest BCUT2D eigenvalue weighted by Crippen LogP contribution is -2.37. The van der Waals surface area contributed by atoms with E-state index in [9.17, 15) is 4.79 Å². The van der Waals surface area contributed by atoms with Gasteiger partial charge in [-0.15, -0.1) is 0 Å². The first-order chi connectivity index (χ1) is 22.0. The number of anilines is 3. The van der Waals surface area contributed by atoms with E-state index < -0.39 is 5.91 Å². The fourth-order valence-electron chi connectivity index (χ4n) is 5.27. The fourth-order valence-corrected chi connectivity index (χ4v) is 5.65. The van der Waals surface area contributed by atoms with E-state index in [1.165, 1.54) is 6.33 Å². The van der Waals surface area contributed by atoms with Crippen molar-refractivity contribution in [2.24, 2.45) is 0 Å². The van der Waals surface area contributed by atoms with Crippen molar-refractivity contribution < 1.29 is 19.1 Å². The average molecular weight is 649 g/mol. The number of halogens is 2. The number of hydrogen-bond donors (Lipinski definition) is 1. The zero-order chi connectivity index (χ0) is 31.2. The monoisotopic (exact) mass is 647 g/mol. The van der Waals surface area contributed by atoms with Gasteiger partial charge >= 0.3 is 0 Å². The lowest BCUT2D eigenvalue weighted by atomic mass is 10.1. The minimum atomic E-state index is -0.535. The van der Waals surface area contributed by atoms with Gasteiger partial charge in [0.1, 0.15) is 18.7 Å². The largest absolute Gasteiger partial charge is 0.491 e. The third kappa shape index (κ3) is 7.92. The highest BCUT2D eigenvalue weighted by Gasteiger charge is 2.27. The molecule has 234 valence electrons. The molecule has 1 saturated heterocycles. The molecule has 1 saturated carbocycles. The van der Waals surface area contributed by atoms with Crippen LogP contribution >= 0.6 is 23.2 Å². The number of carbonyl (C=O) groups excluding carboxylic acids is 1. The van der Waals surface area contributed by atoms with E-state index in [2.05, 4.69) is 32.8 Å². The van der Waals surface area contributed by atoms with Crippen LogP contribution in [0, 0.1) is 0 Å². The second-order valence-corrected chi connectivity index (χ2v) is 12.0. The third-order valence-electron chi connectivity index (χ3n) is 7.82. The van der Waals surface area contributed by atoms with Crippen molar-refractivity contribution in [2.75, 3.05) is 49.8 Å². The molecule has 2 heterocycles. The molecule has 3 aromatic carbocycles. The normalized spacial score (nSPS) is 15.2. The van der Waals surface area contributed by atoms with E-state index in [1.807, 2.05) is 42.5 Å². The van der Waals surface area contributed by atoms with Gasteiger partial charge in [0.25, 0.3) is 5.91 Å². The smallest absolute Gasteiger partial charge is 0.266 e. The number of amides is 1. The molecule has 0 unspecified atom stereocenters. The van der Waals surface area contributed by atoms with Gasteiger partial charge in [-0.2, -0.15) is 0 Å². The summed E-state index contributed by atoms with van der Waals surface area (Å²) in [6.07, 6.45) is 4.58. The van der Waals surface area contributed by atoms with Crippen LogP contribution in [-0.4, -0.2) is 60.2 Å². The van der Waals surface area contributed by atoms with Crippen LogP contribution in [0.4, 0.5) is 17.2 Å². The number of fused-ring (bicyclic) bond motifs is 1. The highest BCUT2D eigenvalue weighted by atomic mass is 35.5. The molecule has 0 radical (unpaired) electrons. The minimum Gasteiger partial charge on any atom is -0.491 e. The average Bonchev–Trinajstić information content (AvgIpc) is 3.90. The lowest BCUT2D eigenvalue weighted by Gasteiger charge is -2.26. The molecule has 1 aliphatic carbocycles. The van der Waals surface area contributed by atoms with E-state index in [4.69, 9.17) is 37.5 Å². The molecule has 1 aromatic heterocycles. The molecule has 0 bridgehead atoms.